The lowest BCUT2D eigenvalue weighted by Crippen LogP contribution is -2.13. The molecule has 0 aliphatic rings. The molecule has 0 saturated carbocycles. The average Bonchev–Trinajstić information content (AvgIpc) is 3.02. The van der Waals surface area contributed by atoms with Gasteiger partial charge >= 0.3 is 5.97 Å². The zero-order valence-corrected chi connectivity index (χ0v) is 13.1. The molecule has 114 valence electrons. The highest BCUT2D eigenvalue weighted by Gasteiger charge is 2.20. The SMILES string of the molecule is CCOC(=O)c1nnn(Cc2cc(C)nn2CC)c1CCl. The summed E-state index contributed by atoms with van der Waals surface area (Å²) in [5.74, 6) is -0.361. The number of carbonyl (C=O) groups is 1. The maximum Gasteiger partial charge on any atom is 0.360 e. The van der Waals surface area contributed by atoms with Gasteiger partial charge in [-0.15, -0.1) is 16.7 Å². The summed E-state index contributed by atoms with van der Waals surface area (Å²) in [6.45, 7) is 7.20. The van der Waals surface area contributed by atoms with Gasteiger partial charge in [0.25, 0.3) is 0 Å². The summed E-state index contributed by atoms with van der Waals surface area (Å²) in [4.78, 5) is 11.8. The number of ether oxygens (including phenoxy) is 1. The van der Waals surface area contributed by atoms with Crippen molar-refractivity contribution < 1.29 is 9.53 Å². The molecule has 2 aromatic rings. The molecule has 2 rings (SSSR count). The third kappa shape index (κ3) is 3.24. The lowest BCUT2D eigenvalue weighted by molar-refractivity contribution is 0.0518. The minimum Gasteiger partial charge on any atom is -0.461 e. The normalized spacial score (nSPS) is 10.9. The second kappa shape index (κ2) is 6.71. The Balaban J connectivity index is 2.30. The molecule has 2 heterocycles. The number of hydrogen-bond acceptors (Lipinski definition) is 5. The Morgan fingerprint density at radius 3 is 2.76 bits per heavy atom. The van der Waals surface area contributed by atoms with Crippen LogP contribution in [0.1, 0.15) is 41.4 Å². The largest absolute Gasteiger partial charge is 0.461 e. The van der Waals surface area contributed by atoms with E-state index in [1.807, 2.05) is 24.6 Å². The highest BCUT2D eigenvalue weighted by atomic mass is 35.5. The van der Waals surface area contributed by atoms with E-state index in [1.165, 1.54) is 0 Å². The summed E-state index contributed by atoms with van der Waals surface area (Å²) in [6, 6.07) is 1.98. The summed E-state index contributed by atoms with van der Waals surface area (Å²) in [7, 11) is 0. The van der Waals surface area contributed by atoms with Crippen LogP contribution < -0.4 is 0 Å². The number of aromatic nitrogens is 5. The maximum absolute atomic E-state index is 11.8. The van der Waals surface area contributed by atoms with Gasteiger partial charge in [0.1, 0.15) is 0 Å². The first-order valence-electron chi connectivity index (χ1n) is 6.79. The number of nitrogens with zero attached hydrogens (tertiary/aromatic N) is 5. The Hall–Kier alpha value is -1.89. The molecule has 0 atom stereocenters. The van der Waals surface area contributed by atoms with E-state index < -0.39 is 5.97 Å². The molecule has 0 radical (unpaired) electrons. The van der Waals surface area contributed by atoms with Crippen LogP contribution in [-0.4, -0.2) is 37.4 Å². The lowest BCUT2D eigenvalue weighted by Gasteiger charge is -2.07. The smallest absolute Gasteiger partial charge is 0.360 e. The molecule has 0 amide bonds. The van der Waals surface area contributed by atoms with Gasteiger partial charge in [-0.1, -0.05) is 5.21 Å². The Kier molecular flexibility index (Phi) is 4.95. The summed E-state index contributed by atoms with van der Waals surface area (Å²) in [6.07, 6.45) is 0. The van der Waals surface area contributed by atoms with Crippen LogP contribution in [0.25, 0.3) is 0 Å². The second-order valence-corrected chi connectivity index (χ2v) is 4.76. The van der Waals surface area contributed by atoms with Gasteiger partial charge in [-0.05, 0) is 26.8 Å². The van der Waals surface area contributed by atoms with Crippen molar-refractivity contribution in [1.82, 2.24) is 24.8 Å². The van der Waals surface area contributed by atoms with Crippen LogP contribution in [0.3, 0.4) is 0 Å². The molecular formula is C13H18ClN5O2. The molecule has 2 aromatic heterocycles. The lowest BCUT2D eigenvalue weighted by atomic mass is 10.3. The minimum absolute atomic E-state index is 0.139. The average molecular weight is 312 g/mol. The predicted molar refractivity (Wildman–Crippen MR) is 77.3 cm³/mol. The predicted octanol–water partition coefficient (Wildman–Crippen LogP) is 1.77. The summed E-state index contributed by atoms with van der Waals surface area (Å²) < 4.78 is 8.45. The van der Waals surface area contributed by atoms with Crippen LogP contribution in [0.15, 0.2) is 6.07 Å². The Morgan fingerprint density at radius 2 is 2.14 bits per heavy atom. The van der Waals surface area contributed by atoms with Crippen LogP contribution in [0.5, 0.6) is 0 Å². The van der Waals surface area contributed by atoms with Gasteiger partial charge in [-0.3, -0.25) is 4.68 Å². The van der Waals surface area contributed by atoms with Gasteiger partial charge in [-0.25, -0.2) is 9.48 Å². The topological polar surface area (TPSA) is 74.8 Å². The molecule has 0 fully saturated rings. The highest BCUT2D eigenvalue weighted by molar-refractivity contribution is 6.17. The second-order valence-electron chi connectivity index (χ2n) is 4.49. The number of rotatable bonds is 6. The number of alkyl halides is 1. The maximum atomic E-state index is 11.8. The van der Waals surface area contributed by atoms with E-state index in [4.69, 9.17) is 16.3 Å². The van der Waals surface area contributed by atoms with Crippen LogP contribution in [0.2, 0.25) is 0 Å². The van der Waals surface area contributed by atoms with Gasteiger partial charge in [0, 0.05) is 6.54 Å². The van der Waals surface area contributed by atoms with Gasteiger partial charge in [0.05, 0.1) is 36.1 Å². The molecule has 8 heteroatoms. The standard InChI is InChI=1S/C13H18ClN5O2/c1-4-18-10(6-9(3)16-18)8-19-11(7-14)12(15-17-19)13(20)21-5-2/h6H,4-5,7-8H2,1-3H3. The number of carbonyl (C=O) groups excluding carboxylic acids is 1. The zero-order valence-electron chi connectivity index (χ0n) is 12.3. The van der Waals surface area contributed by atoms with Gasteiger partial charge in [0.2, 0.25) is 0 Å². The van der Waals surface area contributed by atoms with Crippen molar-refractivity contribution in [2.24, 2.45) is 0 Å². The Morgan fingerprint density at radius 1 is 1.38 bits per heavy atom. The third-order valence-corrected chi connectivity index (χ3v) is 3.28. The number of halogens is 1. The molecule has 0 aliphatic heterocycles. The fraction of sp³-hybridized carbons (Fsp3) is 0.538. The van der Waals surface area contributed by atoms with E-state index in [0.717, 1.165) is 17.9 Å². The number of esters is 1. The van der Waals surface area contributed by atoms with Crippen molar-refractivity contribution in [3.63, 3.8) is 0 Å². The molecule has 0 unspecified atom stereocenters. The van der Waals surface area contributed by atoms with Crippen LogP contribution in [0.4, 0.5) is 0 Å². The van der Waals surface area contributed by atoms with Crippen molar-refractivity contribution in [3.05, 3.63) is 28.8 Å². The first-order valence-corrected chi connectivity index (χ1v) is 7.32. The molecule has 0 spiro atoms. The molecule has 0 aliphatic carbocycles. The van der Waals surface area contributed by atoms with Crippen molar-refractivity contribution in [2.45, 2.75) is 39.7 Å². The fourth-order valence-electron chi connectivity index (χ4n) is 2.10. The first-order chi connectivity index (χ1) is 10.1. The molecule has 7 nitrogen and oxygen atoms in total. The quantitative estimate of drug-likeness (QED) is 0.600. The van der Waals surface area contributed by atoms with Crippen LogP contribution in [-0.2, 0) is 23.7 Å². The van der Waals surface area contributed by atoms with Gasteiger partial charge in [0.15, 0.2) is 5.69 Å². The van der Waals surface area contributed by atoms with E-state index in [1.54, 1.807) is 11.6 Å². The van der Waals surface area contributed by atoms with Crippen LogP contribution in [0, 0.1) is 6.92 Å². The van der Waals surface area contributed by atoms with E-state index in [0.29, 0.717) is 12.2 Å². The molecule has 0 N–H and O–H groups in total. The van der Waals surface area contributed by atoms with Crippen LogP contribution >= 0.6 is 11.6 Å². The molecule has 0 aromatic carbocycles. The van der Waals surface area contributed by atoms with E-state index in [-0.39, 0.29) is 18.2 Å². The Bertz CT molecular complexity index is 635. The van der Waals surface area contributed by atoms with Crippen molar-refractivity contribution in [1.29, 1.82) is 0 Å². The monoisotopic (exact) mass is 311 g/mol. The molecule has 0 saturated heterocycles. The van der Waals surface area contributed by atoms with E-state index >= 15 is 0 Å². The number of aryl methyl sites for hydroxylation is 2. The zero-order chi connectivity index (χ0) is 15.4. The third-order valence-electron chi connectivity index (χ3n) is 3.03. The van der Waals surface area contributed by atoms with Gasteiger partial charge in [-0.2, -0.15) is 5.10 Å². The number of hydrogen-bond donors (Lipinski definition) is 0. The minimum atomic E-state index is -0.500. The van der Waals surface area contributed by atoms with Crippen molar-refractivity contribution in [2.75, 3.05) is 6.61 Å². The van der Waals surface area contributed by atoms with E-state index in [2.05, 4.69) is 15.4 Å². The Labute approximate surface area is 127 Å². The summed E-state index contributed by atoms with van der Waals surface area (Å²) in [5, 5.41) is 12.3. The van der Waals surface area contributed by atoms with Crippen molar-refractivity contribution in [3.8, 4) is 0 Å². The summed E-state index contributed by atoms with van der Waals surface area (Å²) in [5.41, 5.74) is 2.65. The fourth-order valence-corrected chi connectivity index (χ4v) is 2.37. The molecule has 0 bridgehead atoms. The summed E-state index contributed by atoms with van der Waals surface area (Å²) >= 11 is 5.94. The van der Waals surface area contributed by atoms with Gasteiger partial charge < -0.3 is 4.74 Å². The highest BCUT2D eigenvalue weighted by Crippen LogP contribution is 2.13. The van der Waals surface area contributed by atoms with E-state index in [9.17, 15) is 4.79 Å². The molecular weight excluding hydrogens is 294 g/mol. The van der Waals surface area contributed by atoms with Crippen molar-refractivity contribution >= 4 is 17.6 Å². The molecule has 21 heavy (non-hydrogen) atoms. The first kappa shape index (κ1) is 15.5.